The van der Waals surface area contributed by atoms with Crippen LogP contribution in [0.25, 0.3) is 83.1 Å². The third-order valence-corrected chi connectivity index (χ3v) is 12.0. The molecule has 1 heterocycles. The third-order valence-electron chi connectivity index (χ3n) is 12.0. The molecule has 0 N–H and O–H groups in total. The van der Waals surface area contributed by atoms with E-state index < -0.39 is 0 Å². The molecule has 0 aliphatic carbocycles. The number of rotatable bonds is 9. The maximum absolute atomic E-state index is 2.51. The fourth-order valence-corrected chi connectivity index (χ4v) is 9.25. The van der Waals surface area contributed by atoms with E-state index in [2.05, 4.69) is 264 Å². The molecule has 10 aromatic carbocycles. The second-order valence-electron chi connectivity index (χ2n) is 15.6. The maximum Gasteiger partial charge on any atom is 0.0562 e. The van der Waals surface area contributed by atoms with Crippen molar-refractivity contribution in [2.45, 2.75) is 0 Å². The molecule has 0 saturated carbocycles. The summed E-state index contributed by atoms with van der Waals surface area (Å²) in [5.41, 5.74) is 18.4. The van der Waals surface area contributed by atoms with Crippen molar-refractivity contribution in [3.05, 3.63) is 255 Å². The lowest BCUT2D eigenvalue weighted by Gasteiger charge is -2.31. The van der Waals surface area contributed by atoms with E-state index in [1.54, 1.807) is 0 Å². The normalized spacial score (nSPS) is 11.2. The summed E-state index contributed by atoms with van der Waals surface area (Å²) in [5.74, 6) is 0. The van der Waals surface area contributed by atoms with Gasteiger partial charge in [-0.15, -0.1) is 0 Å². The summed E-state index contributed by atoms with van der Waals surface area (Å²) in [4.78, 5) is 2.51. The number of hydrogen-bond donors (Lipinski definition) is 0. The average Bonchev–Trinajstić information content (AvgIpc) is 3.70. The first-order chi connectivity index (χ1) is 30.8. The molecular formula is C60H42N2. The van der Waals surface area contributed by atoms with E-state index in [9.17, 15) is 0 Å². The van der Waals surface area contributed by atoms with E-state index >= 15 is 0 Å². The molecule has 1 aromatic heterocycles. The summed E-state index contributed by atoms with van der Waals surface area (Å²) in [5, 5.41) is 2.37. The smallest absolute Gasteiger partial charge is 0.0562 e. The maximum atomic E-state index is 2.51. The minimum absolute atomic E-state index is 1.10. The molecule has 62 heavy (non-hydrogen) atoms. The molecule has 0 saturated heterocycles. The Balaban J connectivity index is 1.24. The van der Waals surface area contributed by atoms with E-state index in [0.717, 1.165) is 56.0 Å². The van der Waals surface area contributed by atoms with E-state index in [0.29, 0.717) is 0 Å². The van der Waals surface area contributed by atoms with Gasteiger partial charge in [-0.3, -0.25) is 0 Å². The fourth-order valence-electron chi connectivity index (χ4n) is 9.25. The molecule has 292 valence electrons. The molecule has 11 rings (SSSR count). The summed E-state index contributed by atoms with van der Waals surface area (Å²) in [6.07, 6.45) is 0. The Morgan fingerprint density at radius 2 is 0.742 bits per heavy atom. The highest BCUT2D eigenvalue weighted by Crippen LogP contribution is 2.50. The van der Waals surface area contributed by atoms with Crippen molar-refractivity contribution >= 4 is 38.9 Å². The van der Waals surface area contributed by atoms with Crippen molar-refractivity contribution in [1.82, 2.24) is 4.57 Å². The van der Waals surface area contributed by atoms with Crippen molar-refractivity contribution in [2.75, 3.05) is 4.90 Å². The predicted molar refractivity (Wildman–Crippen MR) is 263 cm³/mol. The van der Waals surface area contributed by atoms with Gasteiger partial charge in [-0.25, -0.2) is 0 Å². The second kappa shape index (κ2) is 16.1. The molecule has 0 radical (unpaired) electrons. The summed E-state index contributed by atoms with van der Waals surface area (Å²) >= 11 is 0. The minimum Gasteiger partial charge on any atom is -0.309 e. The Kier molecular flexibility index (Phi) is 9.57. The highest BCUT2D eigenvalue weighted by Gasteiger charge is 2.26. The molecule has 0 fully saturated rings. The topological polar surface area (TPSA) is 8.17 Å². The molecule has 11 aromatic rings. The van der Waals surface area contributed by atoms with Crippen LogP contribution in [0, 0.1) is 0 Å². The molecule has 0 aliphatic rings. The lowest BCUT2D eigenvalue weighted by atomic mass is 9.93. The zero-order valence-corrected chi connectivity index (χ0v) is 34.1. The van der Waals surface area contributed by atoms with Crippen LogP contribution in [0.3, 0.4) is 0 Å². The van der Waals surface area contributed by atoms with E-state index in [-0.39, 0.29) is 0 Å². The SMILES string of the molecule is c1ccc(-c2ccc(N(c3ccccc3-c3ccccc3)c3cccc4c3c3ccccc3n4-c3cccc(-c4ccccc4)c3-c3ccccc3)c(-c3ccccc3)c2)cc1. The number of fused-ring (bicyclic) bond motifs is 3. The van der Waals surface area contributed by atoms with Crippen LogP contribution in [-0.2, 0) is 0 Å². The lowest BCUT2D eigenvalue weighted by Crippen LogP contribution is -2.13. The first-order valence-corrected chi connectivity index (χ1v) is 21.3. The van der Waals surface area contributed by atoms with E-state index in [1.165, 1.54) is 44.2 Å². The molecule has 0 atom stereocenters. The van der Waals surface area contributed by atoms with E-state index in [1.807, 2.05) is 0 Å². The molecule has 0 amide bonds. The minimum atomic E-state index is 1.10. The first-order valence-electron chi connectivity index (χ1n) is 21.3. The van der Waals surface area contributed by atoms with E-state index in [4.69, 9.17) is 0 Å². The number of anilines is 3. The van der Waals surface area contributed by atoms with Gasteiger partial charge < -0.3 is 9.47 Å². The summed E-state index contributed by atoms with van der Waals surface area (Å²) in [7, 11) is 0. The molecule has 2 heteroatoms. The zero-order chi connectivity index (χ0) is 41.2. The molecular weight excluding hydrogens is 749 g/mol. The van der Waals surface area contributed by atoms with Gasteiger partial charge in [0.25, 0.3) is 0 Å². The van der Waals surface area contributed by atoms with Crippen LogP contribution in [0.4, 0.5) is 17.1 Å². The van der Waals surface area contributed by atoms with Crippen LogP contribution in [0.15, 0.2) is 255 Å². The monoisotopic (exact) mass is 790 g/mol. The molecule has 0 aliphatic heterocycles. The van der Waals surface area contributed by atoms with Gasteiger partial charge in [0, 0.05) is 27.5 Å². The van der Waals surface area contributed by atoms with Crippen LogP contribution in [0.2, 0.25) is 0 Å². The van der Waals surface area contributed by atoms with Crippen LogP contribution in [0.1, 0.15) is 0 Å². The van der Waals surface area contributed by atoms with Crippen molar-refractivity contribution in [1.29, 1.82) is 0 Å². The van der Waals surface area contributed by atoms with Crippen molar-refractivity contribution in [3.8, 4) is 61.3 Å². The number of nitrogens with zero attached hydrogens (tertiary/aromatic N) is 2. The quantitative estimate of drug-likeness (QED) is 0.141. The molecule has 0 unspecified atom stereocenters. The van der Waals surface area contributed by atoms with Gasteiger partial charge in [0.1, 0.15) is 0 Å². The zero-order valence-electron chi connectivity index (χ0n) is 34.1. The lowest BCUT2D eigenvalue weighted by molar-refractivity contribution is 1.18. The van der Waals surface area contributed by atoms with Crippen LogP contribution >= 0.6 is 0 Å². The Bertz CT molecular complexity index is 3320. The number of hydrogen-bond acceptors (Lipinski definition) is 1. The number of aromatic nitrogens is 1. The Morgan fingerprint density at radius 1 is 0.274 bits per heavy atom. The number of benzene rings is 10. The van der Waals surface area contributed by atoms with Crippen molar-refractivity contribution < 1.29 is 0 Å². The van der Waals surface area contributed by atoms with Gasteiger partial charge in [0.15, 0.2) is 0 Å². The van der Waals surface area contributed by atoms with Gasteiger partial charge in [-0.1, -0.05) is 212 Å². The van der Waals surface area contributed by atoms with Crippen LogP contribution in [0.5, 0.6) is 0 Å². The van der Waals surface area contributed by atoms with Crippen molar-refractivity contribution in [3.63, 3.8) is 0 Å². The van der Waals surface area contributed by atoms with Crippen molar-refractivity contribution in [2.24, 2.45) is 0 Å². The first kappa shape index (κ1) is 36.8. The molecule has 0 bridgehead atoms. The van der Waals surface area contributed by atoms with Gasteiger partial charge in [-0.2, -0.15) is 0 Å². The number of para-hydroxylation sites is 2. The van der Waals surface area contributed by atoms with Gasteiger partial charge in [0.2, 0.25) is 0 Å². The largest absolute Gasteiger partial charge is 0.309 e. The Hall–Kier alpha value is -8.20. The Morgan fingerprint density at radius 3 is 1.42 bits per heavy atom. The standard InChI is InChI=1S/C60H42N2/c1-6-22-43(23-7-1)48-40-41-55(52(42-48)46-28-12-4-13-29-46)61(53-35-18-16-32-49(53)44-24-8-2-9-25-44)57-38-21-39-58-60(57)51-33-17-19-36-54(51)62(58)56-37-20-34-50(45-26-10-3-11-27-45)59(56)47-30-14-5-15-31-47/h1-42H. The average molecular weight is 791 g/mol. The van der Waals surface area contributed by atoms with Gasteiger partial charge >= 0.3 is 0 Å². The predicted octanol–water partition coefficient (Wildman–Crippen LogP) is 16.6. The van der Waals surface area contributed by atoms with Gasteiger partial charge in [-0.05, 0) is 81.4 Å². The third kappa shape index (κ3) is 6.56. The molecule has 0 spiro atoms. The second-order valence-corrected chi connectivity index (χ2v) is 15.6. The summed E-state index contributed by atoms with van der Waals surface area (Å²) in [6.45, 7) is 0. The van der Waals surface area contributed by atoms with Crippen LogP contribution < -0.4 is 4.90 Å². The summed E-state index contributed by atoms with van der Waals surface area (Å²) < 4.78 is 2.49. The highest BCUT2D eigenvalue weighted by atomic mass is 15.2. The van der Waals surface area contributed by atoms with Gasteiger partial charge in [0.05, 0.1) is 33.8 Å². The summed E-state index contributed by atoms with van der Waals surface area (Å²) in [6, 6.07) is 92.2. The fraction of sp³-hybridized carbons (Fsp3) is 0. The highest BCUT2D eigenvalue weighted by molar-refractivity contribution is 6.18. The Labute approximate surface area is 362 Å². The van der Waals surface area contributed by atoms with Crippen LogP contribution in [-0.4, -0.2) is 4.57 Å². The molecule has 2 nitrogen and oxygen atoms in total.